The van der Waals surface area contributed by atoms with Crippen LogP contribution in [0.3, 0.4) is 0 Å². The van der Waals surface area contributed by atoms with Crippen molar-refractivity contribution in [3.8, 4) is 0 Å². The van der Waals surface area contributed by atoms with Gasteiger partial charge in [-0.2, -0.15) is 12.6 Å². The highest BCUT2D eigenvalue weighted by molar-refractivity contribution is 7.80. The van der Waals surface area contributed by atoms with Gasteiger partial charge in [-0.1, -0.05) is 12.8 Å². The van der Waals surface area contributed by atoms with Crippen molar-refractivity contribution in [1.82, 2.24) is 4.90 Å². The zero-order valence-electron chi connectivity index (χ0n) is 11.5. The maximum Gasteiger partial charge on any atom is 0.0817 e. The number of hydrogen-bond acceptors (Lipinski definition) is 4. The van der Waals surface area contributed by atoms with E-state index < -0.39 is 5.60 Å². The van der Waals surface area contributed by atoms with Crippen molar-refractivity contribution in [2.75, 3.05) is 39.1 Å². The number of hydrogen-bond donors (Lipinski definition) is 2. The molecule has 0 atom stereocenters. The predicted molar refractivity (Wildman–Crippen MR) is 77.3 cm³/mol. The van der Waals surface area contributed by atoms with E-state index >= 15 is 0 Å². The summed E-state index contributed by atoms with van der Waals surface area (Å²) in [6, 6.07) is 0. The first-order chi connectivity index (χ1) is 8.58. The molecule has 0 unspecified atom stereocenters. The molecule has 3 nitrogen and oxygen atoms in total. The van der Waals surface area contributed by atoms with Crippen molar-refractivity contribution in [1.29, 1.82) is 0 Å². The smallest absolute Gasteiger partial charge is 0.0817 e. The van der Waals surface area contributed by atoms with Crippen molar-refractivity contribution >= 4 is 12.6 Å². The van der Waals surface area contributed by atoms with Crippen LogP contribution in [0.4, 0.5) is 0 Å². The van der Waals surface area contributed by atoms with Gasteiger partial charge in [0.2, 0.25) is 0 Å². The summed E-state index contributed by atoms with van der Waals surface area (Å²) in [5.41, 5.74) is -0.150. The molecule has 1 N–H and O–H groups in total. The minimum absolute atomic E-state index is 0.388. The molecule has 2 fully saturated rings. The van der Waals surface area contributed by atoms with E-state index in [1.807, 2.05) is 0 Å². The zero-order chi connectivity index (χ0) is 13.1. The lowest BCUT2D eigenvalue weighted by Crippen LogP contribution is -2.48. The van der Waals surface area contributed by atoms with Crippen LogP contribution in [-0.4, -0.2) is 54.7 Å². The summed E-state index contributed by atoms with van der Waals surface area (Å²) < 4.78 is 5.33. The average molecular weight is 273 g/mol. The number of thiol groups is 1. The van der Waals surface area contributed by atoms with Gasteiger partial charge in [-0.05, 0) is 31.1 Å². The third-order valence-electron chi connectivity index (χ3n) is 4.59. The maximum atomic E-state index is 10.5. The lowest BCUT2D eigenvalue weighted by molar-refractivity contribution is -0.0797. The molecule has 0 amide bonds. The van der Waals surface area contributed by atoms with Crippen LogP contribution in [0.1, 0.15) is 38.5 Å². The summed E-state index contributed by atoms with van der Waals surface area (Å²) in [5, 5.41) is 10.5. The minimum atomic E-state index is -0.538. The second-order valence-corrected chi connectivity index (χ2v) is 6.69. The summed E-state index contributed by atoms with van der Waals surface area (Å²) in [4.78, 5) is 2.31. The Kier molecular flexibility index (Phi) is 4.98. The number of aliphatic hydroxyl groups is 1. The predicted octanol–water partition coefficient (Wildman–Crippen LogP) is 1.95. The minimum Gasteiger partial charge on any atom is -0.388 e. The molecular weight excluding hydrogens is 246 g/mol. The Hall–Kier alpha value is 0.230. The van der Waals surface area contributed by atoms with Gasteiger partial charge in [-0.25, -0.2) is 0 Å². The lowest BCUT2D eigenvalue weighted by Gasteiger charge is -2.39. The third-order valence-corrected chi connectivity index (χ3v) is 5.26. The van der Waals surface area contributed by atoms with Gasteiger partial charge in [0.05, 0.1) is 5.60 Å². The summed E-state index contributed by atoms with van der Waals surface area (Å²) in [7, 11) is 2.14. The van der Waals surface area contributed by atoms with Crippen molar-refractivity contribution in [3.63, 3.8) is 0 Å². The molecule has 18 heavy (non-hydrogen) atoms. The molecule has 1 aliphatic carbocycles. The van der Waals surface area contributed by atoms with Crippen LogP contribution >= 0.6 is 12.6 Å². The molecule has 1 aliphatic heterocycles. The molecular formula is C14H27NO2S. The molecule has 4 heteroatoms. The van der Waals surface area contributed by atoms with Crippen LogP contribution < -0.4 is 0 Å². The molecule has 0 aromatic rings. The van der Waals surface area contributed by atoms with Gasteiger partial charge < -0.3 is 14.7 Å². The molecule has 1 heterocycles. The first-order valence-corrected chi connectivity index (χ1v) is 7.80. The van der Waals surface area contributed by atoms with Gasteiger partial charge in [0, 0.05) is 39.1 Å². The SMILES string of the molecule is CN(CC1(O)CCOCC1)CC1(CS)CCCC1. The fourth-order valence-electron chi connectivity index (χ4n) is 3.53. The Bertz CT molecular complexity index is 261. The molecule has 0 aromatic carbocycles. The molecule has 0 bridgehead atoms. The van der Waals surface area contributed by atoms with Gasteiger partial charge in [-0.15, -0.1) is 0 Å². The van der Waals surface area contributed by atoms with Gasteiger partial charge in [-0.3, -0.25) is 0 Å². The van der Waals surface area contributed by atoms with Gasteiger partial charge >= 0.3 is 0 Å². The fraction of sp³-hybridized carbons (Fsp3) is 1.00. The highest BCUT2D eigenvalue weighted by Crippen LogP contribution is 2.39. The van der Waals surface area contributed by atoms with E-state index in [0.717, 1.165) is 31.7 Å². The summed E-state index contributed by atoms with van der Waals surface area (Å²) >= 11 is 4.55. The monoisotopic (exact) mass is 273 g/mol. The van der Waals surface area contributed by atoms with Crippen LogP contribution in [0, 0.1) is 5.41 Å². The number of nitrogens with zero attached hydrogens (tertiary/aromatic N) is 1. The summed E-state index contributed by atoms with van der Waals surface area (Å²) in [5.74, 6) is 0.971. The summed E-state index contributed by atoms with van der Waals surface area (Å²) in [6.45, 7) is 3.23. The van der Waals surface area contributed by atoms with E-state index in [0.29, 0.717) is 18.6 Å². The molecule has 0 spiro atoms. The number of ether oxygens (including phenoxy) is 1. The molecule has 2 rings (SSSR count). The van der Waals surface area contributed by atoms with Crippen molar-refractivity contribution < 1.29 is 9.84 Å². The summed E-state index contributed by atoms with van der Waals surface area (Å²) in [6.07, 6.45) is 6.81. The first-order valence-electron chi connectivity index (χ1n) is 7.17. The van der Waals surface area contributed by atoms with E-state index in [4.69, 9.17) is 4.74 Å². The van der Waals surface area contributed by atoms with E-state index in [2.05, 4.69) is 24.6 Å². The van der Waals surface area contributed by atoms with Crippen molar-refractivity contribution in [2.45, 2.75) is 44.1 Å². The zero-order valence-corrected chi connectivity index (χ0v) is 12.4. The van der Waals surface area contributed by atoms with Crippen LogP contribution in [0.15, 0.2) is 0 Å². The highest BCUT2D eigenvalue weighted by Gasteiger charge is 2.36. The molecule has 1 saturated carbocycles. The molecule has 0 radical (unpaired) electrons. The van der Waals surface area contributed by atoms with Gasteiger partial charge in [0.1, 0.15) is 0 Å². The van der Waals surface area contributed by atoms with Gasteiger partial charge in [0.15, 0.2) is 0 Å². The van der Waals surface area contributed by atoms with E-state index in [1.165, 1.54) is 25.7 Å². The maximum absolute atomic E-state index is 10.5. The Morgan fingerprint density at radius 2 is 1.72 bits per heavy atom. The van der Waals surface area contributed by atoms with Crippen LogP contribution in [0.25, 0.3) is 0 Å². The lowest BCUT2D eigenvalue weighted by atomic mass is 9.87. The Labute approximate surface area is 116 Å². The second kappa shape index (κ2) is 6.12. The van der Waals surface area contributed by atoms with E-state index in [9.17, 15) is 5.11 Å². The van der Waals surface area contributed by atoms with Crippen LogP contribution in [0.2, 0.25) is 0 Å². The van der Waals surface area contributed by atoms with E-state index in [1.54, 1.807) is 0 Å². The second-order valence-electron chi connectivity index (χ2n) is 6.37. The van der Waals surface area contributed by atoms with E-state index in [-0.39, 0.29) is 0 Å². The molecule has 1 saturated heterocycles. The van der Waals surface area contributed by atoms with Crippen LogP contribution in [-0.2, 0) is 4.74 Å². The van der Waals surface area contributed by atoms with Gasteiger partial charge in [0.25, 0.3) is 0 Å². The Morgan fingerprint density at radius 3 is 2.28 bits per heavy atom. The Balaban J connectivity index is 1.85. The number of rotatable bonds is 5. The standard InChI is InChI=1S/C14H27NO2S/c1-15(10-13(12-18)4-2-3-5-13)11-14(16)6-8-17-9-7-14/h16,18H,2-12H2,1H3. The largest absolute Gasteiger partial charge is 0.388 e. The Morgan fingerprint density at radius 1 is 1.11 bits per heavy atom. The van der Waals surface area contributed by atoms with Crippen LogP contribution in [0.5, 0.6) is 0 Å². The third kappa shape index (κ3) is 3.62. The number of likely N-dealkylation sites (N-methyl/N-ethyl adjacent to an activating group) is 1. The van der Waals surface area contributed by atoms with Crippen molar-refractivity contribution in [2.24, 2.45) is 5.41 Å². The molecule has 106 valence electrons. The topological polar surface area (TPSA) is 32.7 Å². The fourth-order valence-corrected chi connectivity index (χ4v) is 3.95. The highest BCUT2D eigenvalue weighted by atomic mass is 32.1. The normalized spacial score (nSPS) is 26.7. The molecule has 2 aliphatic rings. The average Bonchev–Trinajstić information content (AvgIpc) is 2.78. The molecule has 0 aromatic heterocycles. The first kappa shape index (κ1) is 14.6. The van der Waals surface area contributed by atoms with Crippen molar-refractivity contribution in [3.05, 3.63) is 0 Å². The quantitative estimate of drug-likeness (QED) is 0.751.